The summed E-state index contributed by atoms with van der Waals surface area (Å²) in [6.45, 7) is 3.46. The maximum atomic E-state index is 5.38. The van der Waals surface area contributed by atoms with Crippen LogP contribution in [0, 0.1) is 0 Å². The van der Waals surface area contributed by atoms with Gasteiger partial charge in [0.05, 0.1) is 18.1 Å². The molecule has 0 bridgehead atoms. The van der Waals surface area contributed by atoms with Crippen LogP contribution in [0.2, 0.25) is 0 Å². The van der Waals surface area contributed by atoms with E-state index < -0.39 is 0 Å². The highest BCUT2D eigenvalue weighted by Crippen LogP contribution is 2.26. The van der Waals surface area contributed by atoms with Crippen molar-refractivity contribution >= 4 is 34.9 Å². The van der Waals surface area contributed by atoms with Crippen LogP contribution in [0.25, 0.3) is 6.08 Å². The summed E-state index contributed by atoms with van der Waals surface area (Å²) >= 11 is 1.74. The lowest BCUT2D eigenvalue weighted by molar-refractivity contribution is -0.547. The molecular weight excluding hydrogens is 282 g/mol. The molecule has 1 aromatic rings. The summed E-state index contributed by atoms with van der Waals surface area (Å²) in [5, 5.41) is 1.09. The number of nitrogens with zero attached hydrogens (tertiary/aromatic N) is 3. The molecular formula is C16H20N3OS+. The van der Waals surface area contributed by atoms with Gasteiger partial charge in [-0.3, -0.25) is 0 Å². The lowest BCUT2D eigenvalue weighted by atomic mass is 10.2. The summed E-state index contributed by atoms with van der Waals surface area (Å²) in [6, 6.07) is 8.55. The molecule has 110 valence electrons. The zero-order chi connectivity index (χ0) is 14.7. The first-order chi connectivity index (χ1) is 10.2. The molecule has 0 amide bonds. The van der Waals surface area contributed by atoms with E-state index in [0.717, 1.165) is 31.5 Å². The Kier molecular flexibility index (Phi) is 4.41. The van der Waals surface area contributed by atoms with Crippen molar-refractivity contribution in [1.29, 1.82) is 0 Å². The van der Waals surface area contributed by atoms with E-state index in [2.05, 4.69) is 58.9 Å². The van der Waals surface area contributed by atoms with Gasteiger partial charge in [-0.05, 0) is 28.8 Å². The van der Waals surface area contributed by atoms with Crippen LogP contribution in [-0.2, 0) is 4.74 Å². The second-order valence-corrected chi connectivity index (χ2v) is 6.32. The first-order valence-electron chi connectivity index (χ1n) is 7.13. The minimum atomic E-state index is 0.796. The molecule has 0 atom stereocenters. The van der Waals surface area contributed by atoms with Gasteiger partial charge in [-0.1, -0.05) is 12.1 Å². The van der Waals surface area contributed by atoms with E-state index in [1.165, 1.54) is 16.2 Å². The molecule has 1 fully saturated rings. The van der Waals surface area contributed by atoms with E-state index in [0.29, 0.717) is 0 Å². The summed E-state index contributed by atoms with van der Waals surface area (Å²) in [6.07, 6.45) is 4.14. The van der Waals surface area contributed by atoms with Crippen molar-refractivity contribution in [1.82, 2.24) is 0 Å². The lowest BCUT2D eigenvalue weighted by Crippen LogP contribution is -2.31. The third-order valence-corrected chi connectivity index (χ3v) is 4.52. The number of benzene rings is 1. The SMILES string of the molecule is CN(C)c1ccc(C=C2C=NC(=[N+]3CCOCC3)S2)cc1. The van der Waals surface area contributed by atoms with Crippen molar-refractivity contribution in [2.45, 2.75) is 0 Å². The van der Waals surface area contributed by atoms with E-state index in [9.17, 15) is 0 Å². The molecule has 21 heavy (non-hydrogen) atoms. The number of hydrogen-bond acceptors (Lipinski definition) is 3. The molecule has 0 aromatic heterocycles. The Morgan fingerprint density at radius 2 is 1.90 bits per heavy atom. The van der Waals surface area contributed by atoms with E-state index in [1.54, 1.807) is 11.8 Å². The van der Waals surface area contributed by atoms with Crippen LogP contribution in [0.5, 0.6) is 0 Å². The molecule has 0 saturated carbocycles. The molecule has 2 aliphatic heterocycles. The van der Waals surface area contributed by atoms with E-state index >= 15 is 0 Å². The number of allylic oxidation sites excluding steroid dienone is 1. The average Bonchev–Trinajstić information content (AvgIpc) is 2.97. The van der Waals surface area contributed by atoms with Gasteiger partial charge in [-0.15, -0.1) is 0 Å². The lowest BCUT2D eigenvalue weighted by Gasteiger charge is -2.13. The van der Waals surface area contributed by atoms with E-state index in [-0.39, 0.29) is 0 Å². The molecule has 0 N–H and O–H groups in total. The second kappa shape index (κ2) is 6.45. The van der Waals surface area contributed by atoms with Gasteiger partial charge in [0.25, 0.3) is 0 Å². The van der Waals surface area contributed by atoms with E-state index in [4.69, 9.17) is 4.74 Å². The van der Waals surface area contributed by atoms with Gasteiger partial charge >= 0.3 is 5.17 Å². The monoisotopic (exact) mass is 302 g/mol. The normalized spacial score (nSPS) is 20.4. The van der Waals surface area contributed by atoms with Crippen LogP contribution in [0.1, 0.15) is 5.56 Å². The fraction of sp³-hybridized carbons (Fsp3) is 0.375. The Balaban J connectivity index is 1.72. The highest BCUT2D eigenvalue weighted by atomic mass is 32.2. The number of morpholine rings is 1. The third kappa shape index (κ3) is 3.54. The molecule has 0 aliphatic carbocycles. The number of ether oxygens (including phenoxy) is 1. The molecule has 1 aromatic carbocycles. The molecule has 1 saturated heterocycles. The largest absolute Gasteiger partial charge is 0.378 e. The van der Waals surface area contributed by atoms with Crippen molar-refractivity contribution in [3.63, 3.8) is 0 Å². The Hall–Kier alpha value is -1.59. The van der Waals surface area contributed by atoms with Gasteiger partial charge in [0, 0.05) is 31.5 Å². The standard InChI is InChI=1S/C16H20N3OS/c1-18(2)14-5-3-13(4-6-14)11-15-12-17-16(21-15)19-7-9-20-10-8-19/h3-6,11-12H,7-10H2,1-2H3/q+1. The van der Waals surface area contributed by atoms with Crippen LogP contribution in [-0.4, -0.2) is 56.4 Å². The molecule has 2 aliphatic rings. The predicted octanol–water partition coefficient (Wildman–Crippen LogP) is 2.31. The minimum Gasteiger partial charge on any atom is -0.378 e. The van der Waals surface area contributed by atoms with Crippen molar-refractivity contribution in [3.05, 3.63) is 34.7 Å². The Morgan fingerprint density at radius 1 is 1.19 bits per heavy atom. The topological polar surface area (TPSA) is 27.8 Å². The van der Waals surface area contributed by atoms with Gasteiger partial charge in [0.1, 0.15) is 13.1 Å². The summed E-state index contributed by atoms with van der Waals surface area (Å²) < 4.78 is 7.67. The number of anilines is 1. The number of rotatable bonds is 2. The first kappa shape index (κ1) is 14.4. The van der Waals surface area contributed by atoms with Crippen LogP contribution >= 0.6 is 11.8 Å². The van der Waals surface area contributed by atoms with E-state index in [1.807, 2.05) is 6.21 Å². The predicted molar refractivity (Wildman–Crippen MR) is 90.6 cm³/mol. The van der Waals surface area contributed by atoms with Crippen molar-refractivity contribution in [2.24, 2.45) is 4.99 Å². The van der Waals surface area contributed by atoms with Crippen LogP contribution in [0.15, 0.2) is 34.2 Å². The summed E-state index contributed by atoms with van der Waals surface area (Å²) in [4.78, 5) is 7.82. The Labute approximate surface area is 129 Å². The van der Waals surface area contributed by atoms with Crippen molar-refractivity contribution < 1.29 is 9.31 Å². The summed E-state index contributed by atoms with van der Waals surface area (Å²) in [7, 11) is 4.10. The molecule has 5 heteroatoms. The van der Waals surface area contributed by atoms with Gasteiger partial charge in [0.15, 0.2) is 6.21 Å². The van der Waals surface area contributed by atoms with Crippen molar-refractivity contribution in [3.8, 4) is 0 Å². The fourth-order valence-electron chi connectivity index (χ4n) is 2.28. The first-order valence-corrected chi connectivity index (χ1v) is 7.95. The van der Waals surface area contributed by atoms with Gasteiger partial charge in [0.2, 0.25) is 0 Å². The molecule has 2 heterocycles. The smallest absolute Gasteiger partial charge is 0.359 e. The van der Waals surface area contributed by atoms with Gasteiger partial charge in [-0.25, -0.2) is 4.58 Å². The van der Waals surface area contributed by atoms with Crippen LogP contribution in [0.4, 0.5) is 5.69 Å². The fourth-order valence-corrected chi connectivity index (χ4v) is 3.21. The second-order valence-electron chi connectivity index (χ2n) is 5.27. The maximum absolute atomic E-state index is 5.38. The Bertz CT molecular complexity index is 594. The maximum Gasteiger partial charge on any atom is 0.359 e. The van der Waals surface area contributed by atoms with Gasteiger partial charge in [-0.2, -0.15) is 0 Å². The summed E-state index contributed by atoms with van der Waals surface area (Å²) in [5.74, 6) is 0. The molecule has 0 unspecified atom stereocenters. The van der Waals surface area contributed by atoms with Crippen molar-refractivity contribution in [2.75, 3.05) is 45.3 Å². The zero-order valence-electron chi connectivity index (χ0n) is 12.5. The Morgan fingerprint density at radius 3 is 2.57 bits per heavy atom. The average molecular weight is 302 g/mol. The zero-order valence-corrected chi connectivity index (χ0v) is 13.3. The number of thioether (sulfide) groups is 1. The third-order valence-electron chi connectivity index (χ3n) is 3.51. The number of hydrogen-bond donors (Lipinski definition) is 0. The highest BCUT2D eigenvalue weighted by molar-refractivity contribution is 8.18. The molecule has 0 radical (unpaired) electrons. The molecule has 4 nitrogen and oxygen atoms in total. The molecule has 0 spiro atoms. The minimum absolute atomic E-state index is 0.796. The molecule has 3 rings (SSSR count). The van der Waals surface area contributed by atoms with Crippen LogP contribution in [0.3, 0.4) is 0 Å². The van der Waals surface area contributed by atoms with Crippen LogP contribution < -0.4 is 4.90 Å². The van der Waals surface area contributed by atoms with Gasteiger partial charge < -0.3 is 9.64 Å². The summed E-state index contributed by atoms with van der Waals surface area (Å²) in [5.41, 5.74) is 2.42. The quantitative estimate of drug-likeness (QED) is 0.785. The number of amidine groups is 1. The highest BCUT2D eigenvalue weighted by Gasteiger charge is 2.24. The number of aliphatic imine (C=N–C) groups is 1.